The Morgan fingerprint density at radius 3 is 2.25 bits per heavy atom. The van der Waals surface area contributed by atoms with E-state index in [1.807, 2.05) is 0 Å². The summed E-state index contributed by atoms with van der Waals surface area (Å²) < 4.78 is 72.6. The van der Waals surface area contributed by atoms with E-state index in [0.717, 1.165) is 38.2 Å². The van der Waals surface area contributed by atoms with Gasteiger partial charge in [0.05, 0.1) is 23.7 Å². The lowest BCUT2D eigenvalue weighted by Gasteiger charge is -2.40. The molecule has 0 bridgehead atoms. The SMILES string of the molecule is COc1nc(C(C)C)cc(C(F)(F)F)c1C(=O)NC[C@]1(CC2CC2)CC[C@H](S(=O)(=O)CC2CC2)CC1. The molecule has 202 valence electrons. The Kier molecular flexibility index (Phi) is 7.66. The number of methoxy groups -OCH3 is 1. The van der Waals surface area contributed by atoms with E-state index in [0.29, 0.717) is 37.5 Å². The van der Waals surface area contributed by atoms with Gasteiger partial charge in [-0.2, -0.15) is 13.2 Å². The standard InChI is InChI=1S/C26H37F3N2O4S/c1-16(2)21-12-20(26(27,28)29)22(24(31-21)35-3)23(32)30-15-25(13-17-4-5-17)10-8-19(9-11-25)36(33,34)14-18-6-7-18/h12,16-19H,4-11,13-15H2,1-3H3,(H,30,32)/t19-,25+. The van der Waals surface area contributed by atoms with Gasteiger partial charge in [0.2, 0.25) is 5.88 Å². The van der Waals surface area contributed by atoms with E-state index >= 15 is 0 Å². The van der Waals surface area contributed by atoms with Crippen LogP contribution in [0.25, 0.3) is 0 Å². The molecule has 0 radical (unpaired) electrons. The van der Waals surface area contributed by atoms with E-state index in [1.54, 1.807) is 13.8 Å². The Morgan fingerprint density at radius 2 is 1.75 bits per heavy atom. The maximum atomic E-state index is 13.9. The van der Waals surface area contributed by atoms with Crippen molar-refractivity contribution in [2.45, 2.75) is 89.0 Å². The number of aromatic nitrogens is 1. The number of sulfone groups is 1. The van der Waals surface area contributed by atoms with Gasteiger partial charge in [-0.15, -0.1) is 0 Å². The number of rotatable bonds is 10. The molecule has 4 rings (SSSR count). The zero-order valence-corrected chi connectivity index (χ0v) is 22.1. The fourth-order valence-corrected chi connectivity index (χ4v) is 7.70. The second-order valence-electron chi connectivity index (χ2n) is 11.4. The van der Waals surface area contributed by atoms with Gasteiger partial charge in [0.1, 0.15) is 5.56 Å². The molecule has 10 heteroatoms. The number of amides is 1. The fourth-order valence-electron chi connectivity index (χ4n) is 5.48. The van der Waals surface area contributed by atoms with Gasteiger partial charge in [0.15, 0.2) is 9.84 Å². The summed E-state index contributed by atoms with van der Waals surface area (Å²) in [6.07, 6.45) is 2.66. The number of hydrogen-bond donors (Lipinski definition) is 1. The molecule has 1 aromatic heterocycles. The first-order valence-corrected chi connectivity index (χ1v) is 14.7. The van der Waals surface area contributed by atoms with Crippen molar-refractivity contribution in [3.05, 3.63) is 22.9 Å². The molecule has 0 atom stereocenters. The molecule has 0 saturated heterocycles. The maximum absolute atomic E-state index is 13.9. The number of carbonyl (C=O) groups is 1. The average molecular weight is 531 g/mol. The highest BCUT2D eigenvalue weighted by molar-refractivity contribution is 7.92. The summed E-state index contributed by atoms with van der Waals surface area (Å²) >= 11 is 0. The smallest absolute Gasteiger partial charge is 0.417 e. The molecule has 0 unspecified atom stereocenters. The molecule has 6 nitrogen and oxygen atoms in total. The molecule has 1 heterocycles. The van der Waals surface area contributed by atoms with Crippen LogP contribution in [0.1, 0.15) is 99.2 Å². The summed E-state index contributed by atoms with van der Waals surface area (Å²) in [4.78, 5) is 17.4. The molecule has 1 aromatic rings. The minimum absolute atomic E-state index is 0.201. The van der Waals surface area contributed by atoms with Crippen LogP contribution in [0, 0.1) is 17.3 Å². The van der Waals surface area contributed by atoms with E-state index < -0.39 is 33.0 Å². The molecule has 1 N–H and O–H groups in total. The first-order valence-electron chi connectivity index (χ1n) is 13.0. The molecular formula is C26H37F3N2O4S. The van der Waals surface area contributed by atoms with Crippen LogP contribution in [0.2, 0.25) is 0 Å². The van der Waals surface area contributed by atoms with Crippen LogP contribution in [0.3, 0.4) is 0 Å². The molecule has 1 amide bonds. The van der Waals surface area contributed by atoms with Gasteiger partial charge in [-0.25, -0.2) is 13.4 Å². The molecule has 3 aliphatic carbocycles. The van der Waals surface area contributed by atoms with Gasteiger partial charge in [-0.3, -0.25) is 4.79 Å². The van der Waals surface area contributed by atoms with Crippen LogP contribution in [-0.2, 0) is 16.0 Å². The highest BCUT2D eigenvalue weighted by Crippen LogP contribution is 2.49. The van der Waals surface area contributed by atoms with Gasteiger partial charge in [-0.05, 0) is 74.2 Å². The highest BCUT2D eigenvalue weighted by Gasteiger charge is 2.44. The summed E-state index contributed by atoms with van der Waals surface area (Å²) in [5, 5.41) is 2.41. The number of carbonyl (C=O) groups excluding carboxylic acids is 1. The van der Waals surface area contributed by atoms with E-state index in [-0.39, 0.29) is 40.5 Å². The van der Waals surface area contributed by atoms with Crippen molar-refractivity contribution in [3.8, 4) is 5.88 Å². The topological polar surface area (TPSA) is 85.4 Å². The molecule has 3 fully saturated rings. The van der Waals surface area contributed by atoms with Crippen LogP contribution in [0.5, 0.6) is 5.88 Å². The van der Waals surface area contributed by atoms with Crippen molar-refractivity contribution < 1.29 is 31.1 Å². The summed E-state index contributed by atoms with van der Waals surface area (Å²) in [5.41, 5.74) is -1.76. The van der Waals surface area contributed by atoms with Crippen LogP contribution in [0.4, 0.5) is 13.2 Å². The number of nitrogens with zero attached hydrogens (tertiary/aromatic N) is 1. The number of pyridine rings is 1. The van der Waals surface area contributed by atoms with Gasteiger partial charge < -0.3 is 10.1 Å². The summed E-state index contributed by atoms with van der Waals surface area (Å²) in [6.45, 7) is 3.67. The van der Waals surface area contributed by atoms with Gasteiger partial charge >= 0.3 is 6.18 Å². The number of nitrogens with one attached hydrogen (secondary N) is 1. The van der Waals surface area contributed by atoms with E-state index in [2.05, 4.69) is 10.3 Å². The zero-order chi connectivity index (χ0) is 26.3. The first kappa shape index (κ1) is 27.2. The Bertz CT molecular complexity index is 1070. The van der Waals surface area contributed by atoms with Crippen LogP contribution >= 0.6 is 0 Å². The normalized spacial score (nSPS) is 25.1. The third-order valence-corrected chi connectivity index (χ3v) is 10.5. The highest BCUT2D eigenvalue weighted by atomic mass is 32.2. The Labute approximate surface area is 211 Å². The van der Waals surface area contributed by atoms with Gasteiger partial charge in [0.25, 0.3) is 5.91 Å². The van der Waals surface area contributed by atoms with Crippen molar-refractivity contribution in [3.63, 3.8) is 0 Å². The van der Waals surface area contributed by atoms with E-state index in [4.69, 9.17) is 4.74 Å². The number of hydrogen-bond acceptors (Lipinski definition) is 5. The van der Waals surface area contributed by atoms with Crippen molar-refractivity contribution in [2.75, 3.05) is 19.4 Å². The lowest BCUT2D eigenvalue weighted by Crippen LogP contribution is -2.43. The molecule has 36 heavy (non-hydrogen) atoms. The number of ether oxygens (including phenoxy) is 1. The Hall–Kier alpha value is -1.84. The molecule has 0 aliphatic heterocycles. The molecule has 3 aliphatic rings. The summed E-state index contributed by atoms with van der Waals surface area (Å²) in [6, 6.07) is 0.929. The first-order chi connectivity index (χ1) is 16.8. The van der Waals surface area contributed by atoms with E-state index in [9.17, 15) is 26.4 Å². The predicted molar refractivity (Wildman–Crippen MR) is 131 cm³/mol. The van der Waals surface area contributed by atoms with Crippen LogP contribution in [0.15, 0.2) is 6.07 Å². The molecule has 0 aromatic carbocycles. The third kappa shape index (κ3) is 6.34. The fraction of sp³-hybridized carbons (Fsp3) is 0.769. The van der Waals surface area contributed by atoms with Crippen molar-refractivity contribution in [2.24, 2.45) is 17.3 Å². The second kappa shape index (κ2) is 10.1. The summed E-state index contributed by atoms with van der Waals surface area (Å²) in [5.74, 6) is -0.360. The molecular weight excluding hydrogens is 493 g/mol. The van der Waals surface area contributed by atoms with Gasteiger partial charge in [-0.1, -0.05) is 26.7 Å². The van der Waals surface area contributed by atoms with Crippen molar-refractivity contribution in [1.29, 1.82) is 0 Å². The van der Waals surface area contributed by atoms with Crippen molar-refractivity contribution >= 4 is 15.7 Å². The number of halogens is 3. The van der Waals surface area contributed by atoms with Crippen molar-refractivity contribution in [1.82, 2.24) is 10.3 Å². The third-order valence-electron chi connectivity index (χ3n) is 8.03. The Balaban J connectivity index is 1.51. The molecule has 0 spiro atoms. The second-order valence-corrected chi connectivity index (χ2v) is 13.8. The number of alkyl halides is 3. The van der Waals surface area contributed by atoms with Crippen LogP contribution < -0.4 is 10.1 Å². The average Bonchev–Trinajstić information content (AvgIpc) is 3.74. The quantitative estimate of drug-likeness (QED) is 0.431. The Morgan fingerprint density at radius 1 is 1.14 bits per heavy atom. The molecule has 3 saturated carbocycles. The van der Waals surface area contributed by atoms with E-state index in [1.165, 1.54) is 7.11 Å². The minimum atomic E-state index is -4.74. The van der Waals surface area contributed by atoms with Crippen LogP contribution in [-0.4, -0.2) is 44.0 Å². The maximum Gasteiger partial charge on any atom is 0.417 e. The lowest BCUT2D eigenvalue weighted by atomic mass is 9.70. The summed E-state index contributed by atoms with van der Waals surface area (Å²) in [7, 11) is -1.93. The lowest BCUT2D eigenvalue weighted by molar-refractivity contribution is -0.138. The zero-order valence-electron chi connectivity index (χ0n) is 21.3. The predicted octanol–water partition coefficient (Wildman–Crippen LogP) is 5.52. The largest absolute Gasteiger partial charge is 0.480 e. The monoisotopic (exact) mass is 530 g/mol. The minimum Gasteiger partial charge on any atom is -0.480 e. The van der Waals surface area contributed by atoms with Gasteiger partial charge in [0, 0.05) is 12.2 Å².